The molecule has 104 valence electrons. The fourth-order valence-electron chi connectivity index (χ4n) is 2.51. The summed E-state index contributed by atoms with van der Waals surface area (Å²) in [5.41, 5.74) is 1.62. The van der Waals surface area contributed by atoms with Gasteiger partial charge in [0.05, 0.1) is 12.1 Å². The first-order valence-electron chi connectivity index (χ1n) is 6.98. The van der Waals surface area contributed by atoms with E-state index in [1.165, 1.54) is 12.8 Å². The zero-order valence-electron chi connectivity index (χ0n) is 11.1. The zero-order chi connectivity index (χ0) is 13.5. The second-order valence-corrected chi connectivity index (χ2v) is 5.32. The van der Waals surface area contributed by atoms with E-state index in [1.807, 2.05) is 12.1 Å². The molecular formula is C15H16N2O3. The van der Waals surface area contributed by atoms with Crippen molar-refractivity contribution >= 4 is 16.7 Å². The zero-order valence-corrected chi connectivity index (χ0v) is 11.1. The minimum Gasteiger partial charge on any atom is -0.486 e. The van der Waals surface area contributed by atoms with Gasteiger partial charge >= 0.3 is 0 Å². The molecule has 2 N–H and O–H groups in total. The highest BCUT2D eigenvalue weighted by molar-refractivity contribution is 6.09. The molecule has 2 aliphatic rings. The Bertz CT molecular complexity index is 673. The number of aromatic nitrogens is 1. The van der Waals surface area contributed by atoms with Crippen LogP contribution in [0.5, 0.6) is 11.5 Å². The molecule has 0 amide bonds. The van der Waals surface area contributed by atoms with Gasteiger partial charge in [0.1, 0.15) is 13.2 Å². The molecular weight excluding hydrogens is 256 g/mol. The Morgan fingerprint density at radius 2 is 2.00 bits per heavy atom. The van der Waals surface area contributed by atoms with E-state index < -0.39 is 0 Å². The number of carbonyl (C=O) groups is 1. The number of H-pyrrole nitrogens is 1. The molecule has 5 nitrogen and oxygen atoms in total. The van der Waals surface area contributed by atoms with Crippen molar-refractivity contribution in [1.82, 2.24) is 10.3 Å². The average molecular weight is 272 g/mol. The number of carbonyl (C=O) groups excluding carboxylic acids is 1. The fourth-order valence-corrected chi connectivity index (χ4v) is 2.51. The predicted octanol–water partition coefficient (Wildman–Crippen LogP) is 1.87. The molecule has 2 heterocycles. The first kappa shape index (κ1) is 11.8. The lowest BCUT2D eigenvalue weighted by molar-refractivity contribution is 0.0992. The second-order valence-electron chi connectivity index (χ2n) is 5.32. The highest BCUT2D eigenvalue weighted by atomic mass is 16.6. The molecule has 20 heavy (non-hydrogen) atoms. The van der Waals surface area contributed by atoms with Gasteiger partial charge in [0, 0.05) is 29.3 Å². The van der Waals surface area contributed by atoms with E-state index in [1.54, 1.807) is 6.20 Å². The first-order chi connectivity index (χ1) is 9.81. The maximum atomic E-state index is 12.3. The van der Waals surface area contributed by atoms with Crippen LogP contribution in [0.3, 0.4) is 0 Å². The van der Waals surface area contributed by atoms with Gasteiger partial charge in [0.15, 0.2) is 17.3 Å². The summed E-state index contributed by atoms with van der Waals surface area (Å²) in [6, 6.07) is 4.33. The van der Waals surface area contributed by atoms with Crippen molar-refractivity contribution in [3.63, 3.8) is 0 Å². The van der Waals surface area contributed by atoms with Gasteiger partial charge in [-0.3, -0.25) is 4.79 Å². The third-order valence-electron chi connectivity index (χ3n) is 3.77. The van der Waals surface area contributed by atoms with E-state index in [9.17, 15) is 4.79 Å². The van der Waals surface area contributed by atoms with Crippen LogP contribution in [0.15, 0.2) is 18.3 Å². The highest BCUT2D eigenvalue weighted by Gasteiger charge is 2.23. The molecule has 1 aliphatic carbocycles. The van der Waals surface area contributed by atoms with E-state index in [0.29, 0.717) is 37.1 Å². The largest absolute Gasteiger partial charge is 0.486 e. The molecule has 1 aliphatic heterocycles. The lowest BCUT2D eigenvalue weighted by Crippen LogP contribution is -2.24. The second kappa shape index (κ2) is 4.52. The summed E-state index contributed by atoms with van der Waals surface area (Å²) in [7, 11) is 0. The summed E-state index contributed by atoms with van der Waals surface area (Å²) < 4.78 is 11.1. The van der Waals surface area contributed by atoms with E-state index in [0.717, 1.165) is 16.7 Å². The number of hydrogen-bond donors (Lipinski definition) is 2. The minimum atomic E-state index is 0.111. The van der Waals surface area contributed by atoms with Crippen LogP contribution in [-0.4, -0.2) is 36.6 Å². The molecule has 5 heteroatoms. The number of fused-ring (bicyclic) bond motifs is 2. The number of ether oxygens (including phenoxy) is 2. The summed E-state index contributed by atoms with van der Waals surface area (Å²) >= 11 is 0. The van der Waals surface area contributed by atoms with Gasteiger partial charge in [-0.2, -0.15) is 0 Å². The van der Waals surface area contributed by atoms with Crippen LogP contribution >= 0.6 is 0 Å². The number of ketones is 1. The molecule has 0 atom stereocenters. The molecule has 1 aromatic heterocycles. The molecule has 0 bridgehead atoms. The Kier molecular flexibility index (Phi) is 2.67. The minimum absolute atomic E-state index is 0.111. The van der Waals surface area contributed by atoms with Crippen LogP contribution in [0.4, 0.5) is 0 Å². The summed E-state index contributed by atoms with van der Waals surface area (Å²) in [5, 5.41) is 4.15. The monoisotopic (exact) mass is 272 g/mol. The van der Waals surface area contributed by atoms with Crippen molar-refractivity contribution in [1.29, 1.82) is 0 Å². The first-order valence-corrected chi connectivity index (χ1v) is 6.98. The van der Waals surface area contributed by atoms with Crippen molar-refractivity contribution in [3.8, 4) is 11.5 Å². The van der Waals surface area contributed by atoms with Crippen LogP contribution in [0, 0.1) is 0 Å². The van der Waals surface area contributed by atoms with Gasteiger partial charge in [0.2, 0.25) is 0 Å². The van der Waals surface area contributed by atoms with Gasteiger partial charge in [-0.1, -0.05) is 0 Å². The number of benzene rings is 1. The Balaban J connectivity index is 1.66. The number of nitrogens with one attached hydrogen (secondary N) is 2. The summed E-state index contributed by atoms with van der Waals surface area (Å²) in [6.45, 7) is 1.51. The molecule has 0 unspecified atom stereocenters. The van der Waals surface area contributed by atoms with Crippen molar-refractivity contribution in [2.75, 3.05) is 19.8 Å². The smallest absolute Gasteiger partial charge is 0.178 e. The summed E-state index contributed by atoms with van der Waals surface area (Å²) in [5.74, 6) is 1.56. The maximum Gasteiger partial charge on any atom is 0.178 e. The van der Waals surface area contributed by atoms with E-state index >= 15 is 0 Å². The van der Waals surface area contributed by atoms with E-state index in [4.69, 9.17) is 9.47 Å². The van der Waals surface area contributed by atoms with Crippen molar-refractivity contribution in [2.45, 2.75) is 18.9 Å². The molecule has 0 radical (unpaired) electrons. The predicted molar refractivity (Wildman–Crippen MR) is 74.6 cm³/mol. The van der Waals surface area contributed by atoms with Crippen molar-refractivity contribution < 1.29 is 14.3 Å². The van der Waals surface area contributed by atoms with Crippen LogP contribution in [0.25, 0.3) is 10.9 Å². The number of hydrogen-bond acceptors (Lipinski definition) is 4. The molecule has 2 aromatic rings. The molecule has 1 aromatic carbocycles. The highest BCUT2D eigenvalue weighted by Crippen LogP contribution is 2.35. The topological polar surface area (TPSA) is 63.4 Å². The standard InChI is InChI=1S/C15H16N2O3/c18-13(8-16-9-1-2-9)11-7-17-12-6-15-14(5-10(11)12)19-3-4-20-15/h5-7,9,16-17H,1-4,8H2. The lowest BCUT2D eigenvalue weighted by Gasteiger charge is -2.18. The Labute approximate surface area is 116 Å². The van der Waals surface area contributed by atoms with Crippen LogP contribution in [0.2, 0.25) is 0 Å². The van der Waals surface area contributed by atoms with Crippen LogP contribution in [-0.2, 0) is 0 Å². The third kappa shape index (κ3) is 2.04. The van der Waals surface area contributed by atoms with Gasteiger partial charge < -0.3 is 19.8 Å². The van der Waals surface area contributed by atoms with E-state index in [-0.39, 0.29) is 5.78 Å². The molecule has 1 saturated carbocycles. The Morgan fingerprint density at radius 3 is 2.75 bits per heavy atom. The van der Waals surface area contributed by atoms with E-state index in [2.05, 4.69) is 10.3 Å². The fraction of sp³-hybridized carbons (Fsp3) is 0.400. The average Bonchev–Trinajstić information content (AvgIpc) is 3.21. The van der Waals surface area contributed by atoms with Gasteiger partial charge in [-0.15, -0.1) is 0 Å². The Morgan fingerprint density at radius 1 is 1.25 bits per heavy atom. The number of aromatic amines is 1. The molecule has 0 spiro atoms. The Hall–Kier alpha value is -2.01. The third-order valence-corrected chi connectivity index (χ3v) is 3.77. The van der Waals surface area contributed by atoms with Crippen LogP contribution < -0.4 is 14.8 Å². The summed E-state index contributed by atoms with van der Waals surface area (Å²) in [4.78, 5) is 15.4. The van der Waals surface area contributed by atoms with Crippen LogP contribution in [0.1, 0.15) is 23.2 Å². The normalized spacial score (nSPS) is 17.4. The molecule has 1 fully saturated rings. The van der Waals surface area contributed by atoms with Gasteiger partial charge in [-0.25, -0.2) is 0 Å². The van der Waals surface area contributed by atoms with Crippen molar-refractivity contribution in [3.05, 3.63) is 23.9 Å². The molecule has 4 rings (SSSR count). The summed E-state index contributed by atoms with van der Waals surface area (Å²) in [6.07, 6.45) is 4.13. The maximum absolute atomic E-state index is 12.3. The van der Waals surface area contributed by atoms with Gasteiger partial charge in [-0.05, 0) is 18.9 Å². The molecule has 0 saturated heterocycles. The number of rotatable bonds is 4. The lowest BCUT2D eigenvalue weighted by atomic mass is 10.1. The van der Waals surface area contributed by atoms with Gasteiger partial charge in [0.25, 0.3) is 0 Å². The number of Topliss-reactive ketones (excluding diaryl/α,β-unsaturated/α-hetero) is 1. The SMILES string of the molecule is O=C(CNC1CC1)c1c[nH]c2cc3c(cc12)OCCO3. The quantitative estimate of drug-likeness (QED) is 0.834. The van der Waals surface area contributed by atoms with Crippen molar-refractivity contribution in [2.24, 2.45) is 0 Å².